The lowest BCUT2D eigenvalue weighted by atomic mass is 10.1. The first-order valence-electron chi connectivity index (χ1n) is 7.19. The maximum atomic E-state index is 12.2. The Bertz CT molecular complexity index is 566. The van der Waals surface area contributed by atoms with E-state index in [4.69, 9.17) is 23.2 Å². The Morgan fingerprint density at radius 3 is 2.77 bits per heavy atom. The highest BCUT2D eigenvalue weighted by Crippen LogP contribution is 2.24. The molecule has 0 saturated carbocycles. The van der Waals surface area contributed by atoms with Crippen LogP contribution in [0.25, 0.3) is 0 Å². The smallest absolute Gasteiger partial charge is 0.241 e. The quantitative estimate of drug-likeness (QED) is 0.882. The first-order chi connectivity index (χ1) is 10.5. The second-order valence-corrected chi connectivity index (χ2v) is 6.18. The molecule has 0 aromatic heterocycles. The molecule has 7 heteroatoms. The maximum Gasteiger partial charge on any atom is 0.241 e. The summed E-state index contributed by atoms with van der Waals surface area (Å²) >= 11 is 11.8. The number of halogens is 2. The number of amides is 2. The van der Waals surface area contributed by atoms with Crippen LogP contribution in [-0.2, 0) is 9.59 Å². The van der Waals surface area contributed by atoms with Crippen molar-refractivity contribution in [1.82, 2.24) is 10.2 Å². The third-order valence-corrected chi connectivity index (χ3v) is 4.28. The summed E-state index contributed by atoms with van der Waals surface area (Å²) in [6.07, 6.45) is 1.80. The van der Waals surface area contributed by atoms with Gasteiger partial charge in [-0.05, 0) is 31.0 Å². The van der Waals surface area contributed by atoms with Gasteiger partial charge in [-0.3, -0.25) is 9.59 Å². The summed E-state index contributed by atoms with van der Waals surface area (Å²) in [4.78, 5) is 25.1. The van der Waals surface area contributed by atoms with Crippen molar-refractivity contribution in [2.75, 3.05) is 25.0 Å². The molecule has 1 aliphatic rings. The molecule has 1 saturated heterocycles. The number of benzene rings is 1. The third-order valence-electron chi connectivity index (χ3n) is 3.54. The normalized spacial score (nSPS) is 18.0. The van der Waals surface area contributed by atoms with Gasteiger partial charge in [0, 0.05) is 31.7 Å². The number of rotatable bonds is 4. The summed E-state index contributed by atoms with van der Waals surface area (Å²) in [6, 6.07) is 5.19. The van der Waals surface area contributed by atoms with Gasteiger partial charge >= 0.3 is 0 Å². The molecule has 1 heterocycles. The van der Waals surface area contributed by atoms with E-state index < -0.39 is 0 Å². The highest BCUT2D eigenvalue weighted by molar-refractivity contribution is 6.42. The summed E-state index contributed by atoms with van der Waals surface area (Å²) in [5.74, 6) is -0.0608. The molecule has 5 nitrogen and oxygen atoms in total. The van der Waals surface area contributed by atoms with Crippen molar-refractivity contribution in [2.24, 2.45) is 0 Å². The predicted octanol–water partition coefficient (Wildman–Crippen LogP) is 2.53. The molecule has 1 atom stereocenters. The van der Waals surface area contributed by atoms with Crippen LogP contribution in [0.1, 0.15) is 19.8 Å². The topological polar surface area (TPSA) is 61.4 Å². The van der Waals surface area contributed by atoms with E-state index in [1.165, 1.54) is 6.92 Å². The van der Waals surface area contributed by atoms with Gasteiger partial charge in [-0.25, -0.2) is 0 Å². The molecule has 0 spiro atoms. The minimum atomic E-state index is -0.0618. The molecular formula is C15H19Cl2N3O2. The van der Waals surface area contributed by atoms with Gasteiger partial charge in [0.2, 0.25) is 11.8 Å². The first kappa shape index (κ1) is 16.9. The van der Waals surface area contributed by atoms with Gasteiger partial charge in [-0.2, -0.15) is 0 Å². The second kappa shape index (κ2) is 7.70. The van der Waals surface area contributed by atoms with Crippen LogP contribution in [0.5, 0.6) is 0 Å². The van der Waals surface area contributed by atoms with Crippen LogP contribution in [0.4, 0.5) is 5.69 Å². The van der Waals surface area contributed by atoms with Crippen LogP contribution in [0.2, 0.25) is 10.0 Å². The maximum absolute atomic E-state index is 12.2. The van der Waals surface area contributed by atoms with Gasteiger partial charge in [-0.1, -0.05) is 23.2 Å². The molecule has 0 aliphatic carbocycles. The molecule has 1 aromatic rings. The van der Waals surface area contributed by atoms with Crippen LogP contribution < -0.4 is 10.6 Å². The van der Waals surface area contributed by atoms with Crippen LogP contribution in [0, 0.1) is 0 Å². The average molecular weight is 344 g/mol. The number of piperidine rings is 1. The van der Waals surface area contributed by atoms with Crippen molar-refractivity contribution in [2.45, 2.75) is 25.8 Å². The van der Waals surface area contributed by atoms with Gasteiger partial charge in [0.1, 0.15) is 0 Å². The van der Waals surface area contributed by atoms with Crippen molar-refractivity contribution in [3.05, 3.63) is 28.2 Å². The Balaban J connectivity index is 1.86. The van der Waals surface area contributed by atoms with E-state index in [2.05, 4.69) is 10.6 Å². The summed E-state index contributed by atoms with van der Waals surface area (Å²) < 4.78 is 0. The van der Waals surface area contributed by atoms with Crippen molar-refractivity contribution >= 4 is 40.7 Å². The molecule has 22 heavy (non-hydrogen) atoms. The molecule has 1 fully saturated rings. The van der Waals surface area contributed by atoms with E-state index in [1.54, 1.807) is 23.1 Å². The first-order valence-corrected chi connectivity index (χ1v) is 7.95. The SMILES string of the molecule is CC(=O)N[C@@H]1CCCN(C(=O)CNc2ccc(Cl)c(Cl)c2)C1. The Labute approximate surface area is 139 Å². The summed E-state index contributed by atoms with van der Waals surface area (Å²) in [7, 11) is 0. The van der Waals surface area contributed by atoms with Crippen molar-refractivity contribution in [1.29, 1.82) is 0 Å². The van der Waals surface area contributed by atoms with E-state index in [0.29, 0.717) is 16.6 Å². The number of hydrogen-bond donors (Lipinski definition) is 2. The van der Waals surface area contributed by atoms with Crippen LogP contribution >= 0.6 is 23.2 Å². The number of likely N-dealkylation sites (tertiary alicyclic amines) is 1. The molecular weight excluding hydrogens is 325 g/mol. The van der Waals surface area contributed by atoms with E-state index in [0.717, 1.165) is 25.1 Å². The summed E-state index contributed by atoms with van der Waals surface area (Å²) in [5.41, 5.74) is 0.748. The average Bonchev–Trinajstić information content (AvgIpc) is 2.48. The Morgan fingerprint density at radius 1 is 1.32 bits per heavy atom. The molecule has 120 valence electrons. The second-order valence-electron chi connectivity index (χ2n) is 5.36. The molecule has 1 aliphatic heterocycles. The largest absolute Gasteiger partial charge is 0.376 e. The standard InChI is InChI=1S/C15H19Cl2N3O2/c1-10(21)19-12-3-2-6-20(9-12)15(22)8-18-11-4-5-13(16)14(17)7-11/h4-5,7,12,18H,2-3,6,8-9H2,1H3,(H,19,21)/t12-/m1/s1. The van der Waals surface area contributed by atoms with Crippen LogP contribution in [0.15, 0.2) is 18.2 Å². The van der Waals surface area contributed by atoms with Crippen LogP contribution in [-0.4, -0.2) is 42.4 Å². The number of carbonyl (C=O) groups excluding carboxylic acids is 2. The van der Waals surface area contributed by atoms with Gasteiger partial charge in [0.25, 0.3) is 0 Å². The zero-order valence-corrected chi connectivity index (χ0v) is 13.9. The number of carbonyl (C=O) groups is 2. The Kier molecular flexibility index (Phi) is 5.91. The molecule has 0 bridgehead atoms. The molecule has 2 N–H and O–H groups in total. The number of nitrogens with zero attached hydrogens (tertiary/aromatic N) is 1. The monoisotopic (exact) mass is 343 g/mol. The van der Waals surface area contributed by atoms with Gasteiger partial charge in [0.15, 0.2) is 0 Å². The van der Waals surface area contributed by atoms with E-state index >= 15 is 0 Å². The summed E-state index contributed by atoms with van der Waals surface area (Å²) in [6.45, 7) is 2.96. The highest BCUT2D eigenvalue weighted by atomic mass is 35.5. The van der Waals surface area contributed by atoms with Gasteiger partial charge in [0.05, 0.1) is 16.6 Å². The zero-order chi connectivity index (χ0) is 16.1. The minimum Gasteiger partial charge on any atom is -0.376 e. The third kappa shape index (κ3) is 4.78. The van der Waals surface area contributed by atoms with E-state index in [1.807, 2.05) is 0 Å². The lowest BCUT2D eigenvalue weighted by molar-refractivity contribution is -0.131. The molecule has 0 unspecified atom stereocenters. The molecule has 1 aromatic carbocycles. The van der Waals surface area contributed by atoms with E-state index in [9.17, 15) is 9.59 Å². The molecule has 0 radical (unpaired) electrons. The predicted molar refractivity (Wildman–Crippen MR) is 88.4 cm³/mol. The number of nitrogens with one attached hydrogen (secondary N) is 2. The van der Waals surface area contributed by atoms with Gasteiger partial charge < -0.3 is 15.5 Å². The van der Waals surface area contributed by atoms with E-state index in [-0.39, 0.29) is 24.4 Å². The number of hydrogen-bond acceptors (Lipinski definition) is 3. The fourth-order valence-corrected chi connectivity index (χ4v) is 2.80. The lowest BCUT2D eigenvalue weighted by Crippen LogP contribution is -2.50. The van der Waals surface area contributed by atoms with Gasteiger partial charge in [-0.15, -0.1) is 0 Å². The fourth-order valence-electron chi connectivity index (χ4n) is 2.50. The molecule has 2 amide bonds. The minimum absolute atomic E-state index is 0.00104. The van der Waals surface area contributed by atoms with Crippen LogP contribution in [0.3, 0.4) is 0 Å². The zero-order valence-electron chi connectivity index (χ0n) is 12.4. The highest BCUT2D eigenvalue weighted by Gasteiger charge is 2.23. The van der Waals surface area contributed by atoms with Crippen molar-refractivity contribution < 1.29 is 9.59 Å². The summed E-state index contributed by atoms with van der Waals surface area (Å²) in [5, 5.41) is 6.84. The van der Waals surface area contributed by atoms with Crippen molar-refractivity contribution in [3.63, 3.8) is 0 Å². The van der Waals surface area contributed by atoms with Crippen molar-refractivity contribution in [3.8, 4) is 0 Å². The lowest BCUT2D eigenvalue weighted by Gasteiger charge is -2.33. The Morgan fingerprint density at radius 2 is 2.09 bits per heavy atom. The Hall–Kier alpha value is -1.46. The molecule has 2 rings (SSSR count). The number of anilines is 1. The fraction of sp³-hybridized carbons (Fsp3) is 0.467.